The van der Waals surface area contributed by atoms with Crippen LogP contribution in [0.15, 0.2) is 24.3 Å². The lowest BCUT2D eigenvalue weighted by Crippen LogP contribution is -2.51. The molecule has 1 N–H and O–H groups in total. The number of rotatable bonds is 4. The van der Waals surface area contributed by atoms with Crippen LogP contribution in [0.3, 0.4) is 0 Å². The van der Waals surface area contributed by atoms with Crippen molar-refractivity contribution in [2.75, 3.05) is 13.1 Å². The highest BCUT2D eigenvalue weighted by Crippen LogP contribution is 2.29. The molecule has 0 unspecified atom stereocenters. The van der Waals surface area contributed by atoms with Crippen LogP contribution in [0.5, 0.6) is 0 Å². The largest absolute Gasteiger partial charge is 0.351 e. The lowest BCUT2D eigenvalue weighted by molar-refractivity contribution is -0.136. The summed E-state index contributed by atoms with van der Waals surface area (Å²) < 4.78 is 14.7. The molecule has 5 heteroatoms. The summed E-state index contributed by atoms with van der Waals surface area (Å²) in [4.78, 5) is 14.1. The zero-order chi connectivity index (χ0) is 15.6. The van der Waals surface area contributed by atoms with Crippen LogP contribution in [0.25, 0.3) is 0 Å². The van der Waals surface area contributed by atoms with Crippen molar-refractivity contribution in [2.45, 2.75) is 43.9 Å². The van der Waals surface area contributed by atoms with E-state index in [1.165, 1.54) is 0 Å². The predicted octanol–water partition coefficient (Wildman–Crippen LogP) is 2.14. The van der Waals surface area contributed by atoms with Gasteiger partial charge in [-0.2, -0.15) is 5.26 Å². The Morgan fingerprint density at radius 3 is 2.77 bits per heavy atom. The number of halogens is 1. The van der Waals surface area contributed by atoms with Crippen LogP contribution in [-0.2, 0) is 11.3 Å². The van der Waals surface area contributed by atoms with Crippen LogP contribution in [0, 0.1) is 11.3 Å². The van der Waals surface area contributed by atoms with Crippen LogP contribution in [0.1, 0.15) is 36.8 Å². The summed E-state index contributed by atoms with van der Waals surface area (Å²) in [7, 11) is 0. The van der Waals surface area contributed by atoms with Crippen LogP contribution < -0.4 is 5.32 Å². The number of hydrogen-bond acceptors (Lipinski definition) is 3. The van der Waals surface area contributed by atoms with Gasteiger partial charge in [-0.05, 0) is 30.5 Å². The Hall–Kier alpha value is -1.93. The number of nitrogens with zero attached hydrogens (tertiary/aromatic N) is 2. The van der Waals surface area contributed by atoms with Crippen molar-refractivity contribution in [3.05, 3.63) is 35.4 Å². The van der Waals surface area contributed by atoms with E-state index in [2.05, 4.69) is 16.3 Å². The second-order valence-corrected chi connectivity index (χ2v) is 6.30. The third kappa shape index (κ3) is 3.45. The molecule has 1 saturated heterocycles. The molecule has 2 aliphatic rings. The quantitative estimate of drug-likeness (QED) is 0.927. The van der Waals surface area contributed by atoms with Gasteiger partial charge >= 0.3 is 0 Å². The Balaban J connectivity index is 1.54. The van der Waals surface area contributed by atoms with E-state index in [-0.39, 0.29) is 18.9 Å². The van der Waals surface area contributed by atoms with Crippen LogP contribution in [-0.4, -0.2) is 35.6 Å². The number of alkyl halides is 1. The second-order valence-electron chi connectivity index (χ2n) is 6.30. The van der Waals surface area contributed by atoms with Gasteiger partial charge in [-0.1, -0.05) is 12.1 Å². The van der Waals surface area contributed by atoms with Crippen LogP contribution in [0.2, 0.25) is 0 Å². The molecule has 0 bridgehead atoms. The number of carbonyl (C=O) groups is 1. The Morgan fingerprint density at radius 2 is 2.14 bits per heavy atom. The summed E-state index contributed by atoms with van der Waals surface area (Å²) in [5, 5.41) is 11.7. The Kier molecular flexibility index (Phi) is 4.12. The first-order chi connectivity index (χ1) is 10.6. The first-order valence-electron chi connectivity index (χ1n) is 7.80. The molecule has 1 aromatic carbocycles. The number of piperidine rings is 1. The molecular weight excluding hydrogens is 281 g/mol. The van der Waals surface area contributed by atoms with E-state index < -0.39 is 11.6 Å². The minimum atomic E-state index is -1.71. The molecule has 116 valence electrons. The molecule has 1 aromatic rings. The van der Waals surface area contributed by atoms with E-state index in [0.717, 1.165) is 18.4 Å². The lowest BCUT2D eigenvalue weighted by atomic mass is 9.92. The zero-order valence-electron chi connectivity index (χ0n) is 12.5. The highest BCUT2D eigenvalue weighted by atomic mass is 19.1. The Morgan fingerprint density at radius 1 is 1.41 bits per heavy atom. The van der Waals surface area contributed by atoms with Gasteiger partial charge in [0.15, 0.2) is 5.67 Å². The minimum Gasteiger partial charge on any atom is -0.351 e. The van der Waals surface area contributed by atoms with E-state index in [1.54, 1.807) is 6.07 Å². The molecule has 1 aliphatic carbocycles. The average Bonchev–Trinajstić information content (AvgIpc) is 3.34. The van der Waals surface area contributed by atoms with Crippen molar-refractivity contribution in [3.8, 4) is 6.07 Å². The van der Waals surface area contributed by atoms with E-state index in [4.69, 9.17) is 5.26 Å². The molecular formula is C17H20FN3O. The first-order valence-corrected chi connectivity index (χ1v) is 7.80. The van der Waals surface area contributed by atoms with Crippen LogP contribution in [0.4, 0.5) is 4.39 Å². The third-order valence-corrected chi connectivity index (χ3v) is 4.43. The van der Waals surface area contributed by atoms with Gasteiger partial charge in [-0.3, -0.25) is 9.69 Å². The van der Waals surface area contributed by atoms with Gasteiger partial charge in [0.05, 0.1) is 11.6 Å². The predicted molar refractivity (Wildman–Crippen MR) is 80.7 cm³/mol. The average molecular weight is 301 g/mol. The molecule has 1 saturated carbocycles. The normalized spacial score (nSPS) is 21.1. The molecule has 3 rings (SSSR count). The SMILES string of the molecule is N#Cc1cccc(CN2CCC(F)(C(=O)NC3CC3)CC2)c1. The van der Waals surface area contributed by atoms with Gasteiger partial charge in [0.1, 0.15) is 0 Å². The lowest BCUT2D eigenvalue weighted by Gasteiger charge is -2.35. The molecule has 1 heterocycles. The van der Waals surface area contributed by atoms with Gasteiger partial charge in [-0.15, -0.1) is 0 Å². The zero-order valence-corrected chi connectivity index (χ0v) is 12.5. The summed E-state index contributed by atoms with van der Waals surface area (Å²) in [5.74, 6) is -0.430. The standard InChI is InChI=1S/C17H20FN3O/c18-17(16(22)20-15-4-5-15)6-8-21(9-7-17)12-14-3-1-2-13(10-14)11-19/h1-3,10,15H,4-9,12H2,(H,20,22). The Bertz CT molecular complexity index is 598. The van der Waals surface area contributed by atoms with E-state index in [0.29, 0.717) is 25.2 Å². The summed E-state index contributed by atoms with van der Waals surface area (Å²) in [5.41, 5.74) is -0.0286. The maximum atomic E-state index is 14.7. The van der Waals surface area contributed by atoms with Gasteiger partial charge in [-0.25, -0.2) is 4.39 Å². The molecule has 22 heavy (non-hydrogen) atoms. The molecule has 1 amide bonds. The summed E-state index contributed by atoms with van der Waals surface area (Å²) in [6, 6.07) is 9.79. The fraction of sp³-hybridized carbons (Fsp3) is 0.529. The number of hydrogen-bond donors (Lipinski definition) is 1. The molecule has 0 spiro atoms. The second kappa shape index (κ2) is 6.05. The molecule has 1 aliphatic heterocycles. The van der Waals surface area contributed by atoms with E-state index in [1.807, 2.05) is 18.2 Å². The fourth-order valence-corrected chi connectivity index (χ4v) is 2.83. The molecule has 4 nitrogen and oxygen atoms in total. The minimum absolute atomic E-state index is 0.201. The number of amides is 1. The number of likely N-dealkylation sites (tertiary alicyclic amines) is 1. The highest BCUT2D eigenvalue weighted by Gasteiger charge is 2.43. The third-order valence-electron chi connectivity index (χ3n) is 4.43. The van der Waals surface area contributed by atoms with Crippen molar-refractivity contribution in [2.24, 2.45) is 0 Å². The summed E-state index contributed by atoms with van der Waals surface area (Å²) in [6.45, 7) is 1.81. The smallest absolute Gasteiger partial charge is 0.257 e. The number of nitriles is 1. The van der Waals surface area contributed by atoms with Crippen molar-refractivity contribution < 1.29 is 9.18 Å². The van der Waals surface area contributed by atoms with E-state index >= 15 is 0 Å². The van der Waals surface area contributed by atoms with Gasteiger partial charge in [0, 0.05) is 38.5 Å². The van der Waals surface area contributed by atoms with Gasteiger partial charge in [0.25, 0.3) is 5.91 Å². The van der Waals surface area contributed by atoms with Gasteiger partial charge < -0.3 is 5.32 Å². The number of nitrogens with one attached hydrogen (secondary N) is 1. The molecule has 0 aromatic heterocycles. The molecule has 0 radical (unpaired) electrons. The topological polar surface area (TPSA) is 56.1 Å². The summed E-state index contributed by atoms with van der Waals surface area (Å²) >= 11 is 0. The fourth-order valence-electron chi connectivity index (χ4n) is 2.83. The molecule has 0 atom stereocenters. The Labute approximate surface area is 129 Å². The monoisotopic (exact) mass is 301 g/mol. The number of carbonyl (C=O) groups excluding carboxylic acids is 1. The van der Waals surface area contributed by atoms with Crippen LogP contribution >= 0.6 is 0 Å². The highest BCUT2D eigenvalue weighted by molar-refractivity contribution is 5.85. The van der Waals surface area contributed by atoms with Crippen molar-refractivity contribution in [3.63, 3.8) is 0 Å². The van der Waals surface area contributed by atoms with Gasteiger partial charge in [0.2, 0.25) is 0 Å². The van der Waals surface area contributed by atoms with Crippen molar-refractivity contribution >= 4 is 5.91 Å². The number of benzene rings is 1. The first kappa shape index (κ1) is 15.0. The van der Waals surface area contributed by atoms with Crippen molar-refractivity contribution in [1.29, 1.82) is 5.26 Å². The van der Waals surface area contributed by atoms with Crippen molar-refractivity contribution in [1.82, 2.24) is 10.2 Å². The molecule has 2 fully saturated rings. The maximum absolute atomic E-state index is 14.7. The summed E-state index contributed by atoms with van der Waals surface area (Å²) in [6.07, 6.45) is 2.43. The maximum Gasteiger partial charge on any atom is 0.257 e. The van der Waals surface area contributed by atoms with E-state index in [9.17, 15) is 9.18 Å².